The minimum absolute atomic E-state index is 0.868. The van der Waals surface area contributed by atoms with Crippen molar-refractivity contribution in [1.82, 2.24) is 0 Å². The Morgan fingerprint density at radius 2 is 1.33 bits per heavy atom. The molecule has 0 unspecified atom stereocenters. The van der Waals surface area contributed by atoms with Crippen molar-refractivity contribution < 1.29 is 0 Å². The lowest BCUT2D eigenvalue weighted by Gasteiger charge is -1.96. The van der Waals surface area contributed by atoms with E-state index in [9.17, 15) is 0 Å². The second-order valence-corrected chi connectivity index (χ2v) is 6.96. The van der Waals surface area contributed by atoms with Gasteiger partial charge in [-0.15, -0.1) is 0 Å². The minimum atomic E-state index is 0.868. The number of hydrogen-bond donors (Lipinski definition) is 0. The summed E-state index contributed by atoms with van der Waals surface area (Å²) in [6.07, 6.45) is 0. The van der Waals surface area contributed by atoms with Crippen molar-refractivity contribution in [1.29, 1.82) is 0 Å². The SMILES string of the molecule is Clc1sc(-c2ccccc2)c(-c2ccccc2)[s+]1. The lowest BCUT2D eigenvalue weighted by Crippen LogP contribution is -1.76. The van der Waals surface area contributed by atoms with Gasteiger partial charge in [0.15, 0.2) is 9.75 Å². The molecule has 0 aliphatic rings. The van der Waals surface area contributed by atoms with Crippen LogP contribution in [0.5, 0.6) is 0 Å². The Kier molecular flexibility index (Phi) is 3.41. The van der Waals surface area contributed by atoms with Crippen molar-refractivity contribution in [2.45, 2.75) is 0 Å². The Morgan fingerprint density at radius 3 is 1.94 bits per heavy atom. The van der Waals surface area contributed by atoms with Crippen LogP contribution in [0.1, 0.15) is 0 Å². The second-order valence-electron chi connectivity index (χ2n) is 3.83. The molecule has 0 atom stereocenters. The first-order valence-corrected chi connectivity index (χ1v) is 7.59. The molecule has 0 aliphatic heterocycles. The number of benzene rings is 2. The van der Waals surface area contributed by atoms with Gasteiger partial charge >= 0.3 is 3.65 Å². The molecular formula is C15H10ClS2+. The predicted molar refractivity (Wildman–Crippen MR) is 82.5 cm³/mol. The quantitative estimate of drug-likeness (QED) is 0.502. The molecule has 88 valence electrons. The van der Waals surface area contributed by atoms with E-state index in [0.717, 1.165) is 3.65 Å². The van der Waals surface area contributed by atoms with Crippen molar-refractivity contribution in [3.05, 3.63) is 64.3 Å². The van der Waals surface area contributed by atoms with Crippen LogP contribution in [-0.4, -0.2) is 0 Å². The van der Waals surface area contributed by atoms with Gasteiger partial charge in [0.1, 0.15) is 22.7 Å². The van der Waals surface area contributed by atoms with Crippen LogP contribution in [0, 0.1) is 0 Å². The Hall–Kier alpha value is -1.22. The summed E-state index contributed by atoms with van der Waals surface area (Å²) >= 11 is 9.49. The molecule has 1 aromatic heterocycles. The van der Waals surface area contributed by atoms with Crippen molar-refractivity contribution in [2.24, 2.45) is 0 Å². The maximum Gasteiger partial charge on any atom is 0.348 e. The van der Waals surface area contributed by atoms with E-state index in [2.05, 4.69) is 48.5 Å². The monoisotopic (exact) mass is 289 g/mol. The van der Waals surface area contributed by atoms with E-state index in [1.54, 1.807) is 22.7 Å². The zero-order valence-electron chi connectivity index (χ0n) is 9.47. The minimum Gasteiger partial charge on any atom is -0.0622 e. The molecule has 0 nitrogen and oxygen atoms in total. The van der Waals surface area contributed by atoms with Crippen LogP contribution in [0.2, 0.25) is 3.65 Å². The third-order valence-corrected chi connectivity index (χ3v) is 5.34. The van der Waals surface area contributed by atoms with Gasteiger partial charge < -0.3 is 0 Å². The summed E-state index contributed by atoms with van der Waals surface area (Å²) in [6, 6.07) is 20.8. The summed E-state index contributed by atoms with van der Waals surface area (Å²) in [5.74, 6) is 0. The summed E-state index contributed by atoms with van der Waals surface area (Å²) in [5.41, 5.74) is 2.45. The highest BCUT2D eigenvalue weighted by Crippen LogP contribution is 2.45. The third kappa shape index (κ3) is 2.32. The maximum absolute atomic E-state index is 6.20. The highest BCUT2D eigenvalue weighted by molar-refractivity contribution is 7.40. The first-order chi connectivity index (χ1) is 8.84. The fraction of sp³-hybridized carbons (Fsp3) is 0. The molecule has 2 aromatic carbocycles. The van der Waals surface area contributed by atoms with Crippen LogP contribution in [0.25, 0.3) is 20.9 Å². The Labute approximate surface area is 119 Å². The van der Waals surface area contributed by atoms with Crippen LogP contribution in [-0.2, 0) is 0 Å². The zero-order chi connectivity index (χ0) is 12.4. The molecule has 0 fully saturated rings. The largest absolute Gasteiger partial charge is 0.348 e. The molecule has 0 N–H and O–H groups in total. The van der Waals surface area contributed by atoms with Gasteiger partial charge in [-0.05, 0) is 11.6 Å². The van der Waals surface area contributed by atoms with Crippen molar-refractivity contribution in [3.63, 3.8) is 0 Å². The number of hydrogen-bond acceptors (Lipinski definition) is 1. The van der Waals surface area contributed by atoms with Gasteiger partial charge in [-0.2, -0.15) is 0 Å². The summed E-state index contributed by atoms with van der Waals surface area (Å²) in [5, 5.41) is 0. The summed E-state index contributed by atoms with van der Waals surface area (Å²) < 4.78 is 0.868. The average Bonchev–Trinajstić information content (AvgIpc) is 2.83. The van der Waals surface area contributed by atoms with Crippen LogP contribution in [0.3, 0.4) is 0 Å². The van der Waals surface area contributed by atoms with Crippen molar-refractivity contribution >= 4 is 34.3 Å². The van der Waals surface area contributed by atoms with E-state index in [1.165, 1.54) is 20.9 Å². The molecule has 0 spiro atoms. The van der Waals surface area contributed by atoms with Gasteiger partial charge in [0.05, 0.1) is 0 Å². The zero-order valence-corrected chi connectivity index (χ0v) is 11.9. The normalized spacial score (nSPS) is 10.5. The summed E-state index contributed by atoms with van der Waals surface area (Å²) in [4.78, 5) is 2.49. The van der Waals surface area contributed by atoms with Crippen LogP contribution in [0.4, 0.5) is 0 Å². The molecule has 0 saturated heterocycles. The topological polar surface area (TPSA) is 0 Å². The summed E-state index contributed by atoms with van der Waals surface area (Å²) in [7, 11) is 0. The van der Waals surface area contributed by atoms with Crippen LogP contribution < -0.4 is 0 Å². The van der Waals surface area contributed by atoms with E-state index in [1.807, 2.05) is 12.1 Å². The molecule has 1 heterocycles. The molecule has 3 aromatic rings. The second kappa shape index (κ2) is 5.19. The molecule has 0 aliphatic carbocycles. The van der Waals surface area contributed by atoms with Gasteiger partial charge in [0.25, 0.3) is 0 Å². The number of rotatable bonds is 2. The number of halogens is 1. The molecule has 0 radical (unpaired) electrons. The summed E-state index contributed by atoms with van der Waals surface area (Å²) in [6.45, 7) is 0. The smallest absolute Gasteiger partial charge is 0.0622 e. The van der Waals surface area contributed by atoms with Crippen molar-refractivity contribution in [3.8, 4) is 20.9 Å². The standard InChI is InChI=1S/C15H10ClS2/c16-15-17-13(11-7-3-1-4-8-11)14(18-15)12-9-5-2-6-10-12/h1-10H/q+1. The average molecular weight is 290 g/mol. The Bertz CT molecular complexity index is 588. The lowest BCUT2D eigenvalue weighted by atomic mass is 10.1. The molecular weight excluding hydrogens is 280 g/mol. The van der Waals surface area contributed by atoms with Gasteiger partial charge in [-0.25, -0.2) is 0 Å². The highest BCUT2D eigenvalue weighted by atomic mass is 35.5. The molecule has 18 heavy (non-hydrogen) atoms. The van der Waals surface area contributed by atoms with Crippen LogP contribution in [0.15, 0.2) is 60.7 Å². The van der Waals surface area contributed by atoms with E-state index in [-0.39, 0.29) is 0 Å². The fourth-order valence-electron chi connectivity index (χ4n) is 1.83. The van der Waals surface area contributed by atoms with E-state index in [0.29, 0.717) is 0 Å². The fourth-order valence-corrected chi connectivity index (χ4v) is 4.46. The van der Waals surface area contributed by atoms with Gasteiger partial charge in [0, 0.05) is 11.1 Å². The first-order valence-electron chi connectivity index (χ1n) is 5.58. The molecule has 0 saturated carbocycles. The van der Waals surface area contributed by atoms with E-state index >= 15 is 0 Å². The predicted octanol–water partition coefficient (Wildman–Crippen LogP) is 6.08. The molecule has 0 amide bonds. The molecule has 3 heteroatoms. The highest BCUT2D eigenvalue weighted by Gasteiger charge is 2.23. The lowest BCUT2D eigenvalue weighted by molar-refractivity contribution is 1.67. The van der Waals surface area contributed by atoms with Gasteiger partial charge in [0.2, 0.25) is 0 Å². The first kappa shape index (κ1) is 11.8. The van der Waals surface area contributed by atoms with Crippen LogP contribution >= 0.6 is 34.3 Å². The van der Waals surface area contributed by atoms with Crippen molar-refractivity contribution in [2.75, 3.05) is 0 Å². The Morgan fingerprint density at radius 1 is 0.778 bits per heavy atom. The molecule has 3 rings (SSSR count). The van der Waals surface area contributed by atoms with E-state index < -0.39 is 0 Å². The third-order valence-electron chi connectivity index (χ3n) is 2.64. The Balaban J connectivity index is 2.17. The maximum atomic E-state index is 6.20. The van der Waals surface area contributed by atoms with Gasteiger partial charge in [-0.3, -0.25) is 0 Å². The molecule has 0 bridgehead atoms. The van der Waals surface area contributed by atoms with Gasteiger partial charge in [-0.1, -0.05) is 60.7 Å². The van der Waals surface area contributed by atoms with E-state index in [4.69, 9.17) is 11.6 Å².